The molecule has 0 aromatic carbocycles. The van der Waals surface area contributed by atoms with E-state index >= 15 is 0 Å². The van der Waals surface area contributed by atoms with Crippen molar-refractivity contribution in [3.8, 4) is 0 Å². The zero-order valence-corrected chi connectivity index (χ0v) is 12.1. The van der Waals surface area contributed by atoms with Crippen molar-refractivity contribution in [1.29, 1.82) is 0 Å². The van der Waals surface area contributed by atoms with Gasteiger partial charge < -0.3 is 19.7 Å². The lowest BCUT2D eigenvalue weighted by Gasteiger charge is -2.32. The second-order valence-corrected chi connectivity index (χ2v) is 5.59. The van der Waals surface area contributed by atoms with Gasteiger partial charge in [0.15, 0.2) is 0 Å². The third-order valence-corrected chi connectivity index (χ3v) is 3.98. The van der Waals surface area contributed by atoms with Crippen LogP contribution in [0.2, 0.25) is 0 Å². The van der Waals surface area contributed by atoms with Crippen molar-refractivity contribution >= 4 is 11.9 Å². The number of rotatable bonds is 6. The van der Waals surface area contributed by atoms with Crippen LogP contribution in [0.25, 0.3) is 0 Å². The maximum atomic E-state index is 10.2. The third kappa shape index (κ3) is 5.88. The molecule has 2 N–H and O–H groups in total. The van der Waals surface area contributed by atoms with Crippen molar-refractivity contribution in [3.05, 3.63) is 0 Å². The molecule has 0 heterocycles. The van der Waals surface area contributed by atoms with E-state index < -0.39 is 11.9 Å². The molecule has 116 valence electrons. The zero-order valence-electron chi connectivity index (χ0n) is 12.1. The fourth-order valence-electron chi connectivity index (χ4n) is 2.56. The molecule has 0 atom stereocenters. The molecule has 0 radical (unpaired) electrons. The number of hydrogen-bond donors (Lipinski definition) is 2. The number of carboxylic acids is 2. The summed E-state index contributed by atoms with van der Waals surface area (Å²) in [5.74, 6) is -0.663. The van der Waals surface area contributed by atoms with Gasteiger partial charge in [-0.3, -0.25) is 9.59 Å². The Kier molecular flexibility index (Phi) is 6.95. The Morgan fingerprint density at radius 3 is 1.35 bits per heavy atom. The predicted molar refractivity (Wildman–Crippen MR) is 71.5 cm³/mol. The first kappa shape index (κ1) is 16.9. The summed E-state index contributed by atoms with van der Waals surface area (Å²) in [5, 5.41) is 16.7. The molecule has 0 spiro atoms. The number of aliphatic carboxylic acids is 2. The Hall–Kier alpha value is -1.14. The Bertz CT molecular complexity index is 286. The maximum Gasteiger partial charge on any atom is 0.303 e. The van der Waals surface area contributed by atoms with E-state index in [9.17, 15) is 9.59 Å². The molecule has 2 fully saturated rings. The van der Waals surface area contributed by atoms with Crippen LogP contribution in [-0.4, -0.2) is 48.6 Å². The summed E-state index contributed by atoms with van der Waals surface area (Å²) in [5.41, 5.74) is 0. The molecule has 0 unspecified atom stereocenters. The van der Waals surface area contributed by atoms with Crippen LogP contribution >= 0.6 is 0 Å². The summed E-state index contributed by atoms with van der Waals surface area (Å²) in [6.07, 6.45) is 4.94. The molecular weight excluding hydrogens is 264 g/mol. The second kappa shape index (κ2) is 8.21. The van der Waals surface area contributed by atoms with Crippen molar-refractivity contribution in [1.82, 2.24) is 0 Å². The molecule has 20 heavy (non-hydrogen) atoms. The van der Waals surface area contributed by atoms with Crippen LogP contribution in [0.15, 0.2) is 0 Å². The summed E-state index contributed by atoms with van der Waals surface area (Å²) in [6, 6.07) is 0. The lowest BCUT2D eigenvalue weighted by Crippen LogP contribution is -2.31. The molecule has 2 saturated carbocycles. The molecule has 0 amide bonds. The predicted octanol–water partition coefficient (Wildman–Crippen LogP) is 1.77. The average Bonchev–Trinajstić information content (AvgIpc) is 2.27. The van der Waals surface area contributed by atoms with Gasteiger partial charge in [-0.2, -0.15) is 0 Å². The number of ether oxygens (including phenoxy) is 2. The minimum atomic E-state index is -0.695. The highest BCUT2D eigenvalue weighted by atomic mass is 16.5. The summed E-state index contributed by atoms with van der Waals surface area (Å²) >= 11 is 0. The third-order valence-electron chi connectivity index (χ3n) is 3.98. The summed E-state index contributed by atoms with van der Waals surface area (Å²) < 4.78 is 10.0. The highest BCUT2D eigenvalue weighted by molar-refractivity contribution is 5.67. The van der Waals surface area contributed by atoms with Gasteiger partial charge in [0.25, 0.3) is 0 Å². The fourth-order valence-corrected chi connectivity index (χ4v) is 2.56. The summed E-state index contributed by atoms with van der Waals surface area (Å²) in [6.45, 7) is 0. The lowest BCUT2D eigenvalue weighted by atomic mass is 9.80. The van der Waals surface area contributed by atoms with E-state index in [4.69, 9.17) is 19.7 Å². The molecule has 6 heteroatoms. The van der Waals surface area contributed by atoms with Gasteiger partial charge in [0, 0.05) is 27.1 Å². The standard InChI is InChI=1S/2C7H12O3/c2*1-10-6-2-5(3-6)4-7(8)9/h2*5-6H,2-4H2,1H3,(H,8,9). The van der Waals surface area contributed by atoms with Crippen LogP contribution in [-0.2, 0) is 19.1 Å². The quantitative estimate of drug-likeness (QED) is 0.773. The van der Waals surface area contributed by atoms with Gasteiger partial charge in [-0.25, -0.2) is 0 Å². The topological polar surface area (TPSA) is 93.1 Å². The molecule has 2 aliphatic carbocycles. The maximum absolute atomic E-state index is 10.2. The van der Waals surface area contributed by atoms with E-state index in [0.29, 0.717) is 36.9 Å². The van der Waals surface area contributed by atoms with Crippen molar-refractivity contribution < 1.29 is 29.3 Å². The average molecular weight is 288 g/mol. The highest BCUT2D eigenvalue weighted by Gasteiger charge is 2.30. The van der Waals surface area contributed by atoms with Crippen molar-refractivity contribution in [3.63, 3.8) is 0 Å². The van der Waals surface area contributed by atoms with Crippen LogP contribution in [0.4, 0.5) is 0 Å². The summed E-state index contributed by atoms with van der Waals surface area (Å²) in [7, 11) is 3.34. The van der Waals surface area contributed by atoms with E-state index in [1.165, 1.54) is 0 Å². The van der Waals surface area contributed by atoms with Crippen LogP contribution in [0.5, 0.6) is 0 Å². The fraction of sp³-hybridized carbons (Fsp3) is 0.857. The Balaban J connectivity index is 0.000000200. The smallest absolute Gasteiger partial charge is 0.303 e. The van der Waals surface area contributed by atoms with Crippen molar-refractivity contribution in [2.24, 2.45) is 11.8 Å². The van der Waals surface area contributed by atoms with Crippen molar-refractivity contribution in [2.45, 2.75) is 50.7 Å². The van der Waals surface area contributed by atoms with Gasteiger partial charge in [0.2, 0.25) is 0 Å². The first-order valence-corrected chi connectivity index (χ1v) is 6.93. The Labute approximate surface area is 119 Å². The van der Waals surface area contributed by atoms with E-state index in [-0.39, 0.29) is 0 Å². The normalized spacial score (nSPS) is 31.3. The van der Waals surface area contributed by atoms with E-state index in [2.05, 4.69) is 0 Å². The molecule has 0 saturated heterocycles. The molecule has 0 aliphatic heterocycles. The number of carbonyl (C=O) groups is 2. The Morgan fingerprint density at radius 2 is 1.15 bits per heavy atom. The lowest BCUT2D eigenvalue weighted by molar-refractivity contribution is -0.141. The van der Waals surface area contributed by atoms with Gasteiger partial charge >= 0.3 is 11.9 Å². The highest BCUT2D eigenvalue weighted by Crippen LogP contribution is 2.32. The largest absolute Gasteiger partial charge is 0.481 e. The molecule has 0 bridgehead atoms. The van der Waals surface area contributed by atoms with Crippen LogP contribution in [0, 0.1) is 11.8 Å². The minimum absolute atomic E-state index is 0.305. The van der Waals surface area contributed by atoms with Gasteiger partial charge in [0.05, 0.1) is 12.2 Å². The van der Waals surface area contributed by atoms with Gasteiger partial charge in [-0.1, -0.05) is 0 Å². The minimum Gasteiger partial charge on any atom is -0.481 e. The molecule has 2 rings (SSSR count). The molecule has 6 nitrogen and oxygen atoms in total. The van der Waals surface area contributed by atoms with Gasteiger partial charge in [0.1, 0.15) is 0 Å². The van der Waals surface area contributed by atoms with Gasteiger partial charge in [-0.05, 0) is 37.5 Å². The summed E-state index contributed by atoms with van der Waals surface area (Å²) in [4.78, 5) is 20.3. The van der Waals surface area contributed by atoms with Crippen LogP contribution < -0.4 is 0 Å². The second-order valence-electron chi connectivity index (χ2n) is 5.59. The van der Waals surface area contributed by atoms with Crippen LogP contribution in [0.3, 0.4) is 0 Å². The zero-order chi connectivity index (χ0) is 15.1. The first-order chi connectivity index (χ1) is 9.44. The number of hydrogen-bond acceptors (Lipinski definition) is 4. The van der Waals surface area contributed by atoms with E-state index in [1.54, 1.807) is 14.2 Å². The van der Waals surface area contributed by atoms with Crippen LogP contribution in [0.1, 0.15) is 38.5 Å². The molecule has 0 aromatic heterocycles. The van der Waals surface area contributed by atoms with Gasteiger partial charge in [-0.15, -0.1) is 0 Å². The molecular formula is C14H24O6. The number of carboxylic acid groups (broad SMARTS) is 2. The molecule has 2 aliphatic rings. The van der Waals surface area contributed by atoms with E-state index in [0.717, 1.165) is 25.7 Å². The Morgan fingerprint density at radius 1 is 0.850 bits per heavy atom. The SMILES string of the molecule is COC1CC(CC(=O)O)C1.COC1CC(CC(=O)O)C1. The number of methoxy groups -OCH3 is 2. The van der Waals surface area contributed by atoms with Crippen molar-refractivity contribution in [2.75, 3.05) is 14.2 Å². The first-order valence-electron chi connectivity index (χ1n) is 6.93. The molecule has 0 aromatic rings. The monoisotopic (exact) mass is 288 g/mol. The van der Waals surface area contributed by atoms with E-state index in [1.807, 2.05) is 0 Å².